The minimum absolute atomic E-state index is 0.0286. The summed E-state index contributed by atoms with van der Waals surface area (Å²) in [6.45, 7) is 0. The molecule has 0 aliphatic rings. The number of thioether (sulfide) groups is 1. The second kappa shape index (κ2) is 8.15. The molecule has 0 spiro atoms. The average Bonchev–Trinajstić information content (AvgIpc) is 2.68. The minimum atomic E-state index is -1.32. The second-order valence-corrected chi connectivity index (χ2v) is 6.95. The van der Waals surface area contributed by atoms with Gasteiger partial charge in [0, 0.05) is 5.75 Å². The standard InChI is InChI=1S/C22H20O2S/c23-21(25-17-18-10-4-1-5-11-18)16-22(24,19-12-6-2-7-13-19)20-14-8-3-9-15-20/h1-15,24H,16-17H2. The highest BCUT2D eigenvalue weighted by molar-refractivity contribution is 8.12. The Morgan fingerprint density at radius 3 is 1.68 bits per heavy atom. The van der Waals surface area contributed by atoms with Crippen LogP contribution in [0, 0.1) is 0 Å². The molecule has 3 aromatic carbocycles. The zero-order valence-corrected chi connectivity index (χ0v) is 14.7. The van der Waals surface area contributed by atoms with E-state index >= 15 is 0 Å². The number of carbonyl (C=O) groups is 1. The summed E-state index contributed by atoms with van der Waals surface area (Å²) in [4.78, 5) is 12.6. The number of carbonyl (C=O) groups excluding carboxylic acids is 1. The van der Waals surface area contributed by atoms with Crippen molar-refractivity contribution >= 4 is 16.9 Å². The van der Waals surface area contributed by atoms with E-state index in [1.807, 2.05) is 91.0 Å². The summed E-state index contributed by atoms with van der Waals surface area (Å²) in [7, 11) is 0. The molecule has 1 N–H and O–H groups in total. The molecule has 0 aliphatic heterocycles. The Kier molecular flexibility index (Phi) is 5.69. The summed E-state index contributed by atoms with van der Waals surface area (Å²) in [5.41, 5.74) is 1.25. The maximum atomic E-state index is 12.6. The molecule has 0 aromatic heterocycles. The van der Waals surface area contributed by atoms with Crippen LogP contribution in [-0.2, 0) is 16.1 Å². The molecular weight excluding hydrogens is 328 g/mol. The number of rotatable bonds is 6. The van der Waals surface area contributed by atoms with Gasteiger partial charge in [0.15, 0.2) is 5.12 Å². The van der Waals surface area contributed by atoms with Gasteiger partial charge in [-0.05, 0) is 16.7 Å². The third-order valence-electron chi connectivity index (χ3n) is 4.15. The Morgan fingerprint density at radius 2 is 1.20 bits per heavy atom. The zero-order valence-electron chi connectivity index (χ0n) is 13.8. The van der Waals surface area contributed by atoms with E-state index in [-0.39, 0.29) is 11.5 Å². The molecule has 0 unspecified atom stereocenters. The van der Waals surface area contributed by atoms with Crippen LogP contribution in [0.25, 0.3) is 0 Å². The van der Waals surface area contributed by atoms with Gasteiger partial charge in [-0.2, -0.15) is 0 Å². The van der Waals surface area contributed by atoms with Crippen LogP contribution in [0.3, 0.4) is 0 Å². The molecule has 0 fully saturated rings. The number of hydrogen-bond donors (Lipinski definition) is 1. The van der Waals surface area contributed by atoms with Gasteiger partial charge in [-0.1, -0.05) is 103 Å². The van der Waals surface area contributed by atoms with Crippen LogP contribution in [0.1, 0.15) is 23.1 Å². The molecule has 3 rings (SSSR count). The molecule has 0 saturated carbocycles. The summed E-state index contributed by atoms with van der Waals surface area (Å²) >= 11 is 1.25. The highest BCUT2D eigenvalue weighted by Crippen LogP contribution is 2.35. The molecule has 2 nitrogen and oxygen atoms in total. The van der Waals surface area contributed by atoms with Gasteiger partial charge < -0.3 is 5.11 Å². The topological polar surface area (TPSA) is 37.3 Å². The van der Waals surface area contributed by atoms with Crippen molar-refractivity contribution in [3.8, 4) is 0 Å². The molecule has 126 valence electrons. The maximum absolute atomic E-state index is 12.6. The average molecular weight is 348 g/mol. The van der Waals surface area contributed by atoms with Gasteiger partial charge in [0.25, 0.3) is 0 Å². The lowest BCUT2D eigenvalue weighted by Crippen LogP contribution is -2.29. The smallest absolute Gasteiger partial charge is 0.192 e. The summed E-state index contributed by atoms with van der Waals surface area (Å²) < 4.78 is 0. The molecule has 0 amide bonds. The van der Waals surface area contributed by atoms with Gasteiger partial charge >= 0.3 is 0 Å². The fraction of sp³-hybridized carbons (Fsp3) is 0.136. The molecule has 3 aromatic rings. The van der Waals surface area contributed by atoms with Crippen LogP contribution in [-0.4, -0.2) is 10.2 Å². The van der Waals surface area contributed by atoms with Gasteiger partial charge in [-0.15, -0.1) is 0 Å². The minimum Gasteiger partial charge on any atom is -0.380 e. The van der Waals surface area contributed by atoms with Crippen LogP contribution in [0.15, 0.2) is 91.0 Å². The van der Waals surface area contributed by atoms with Gasteiger partial charge in [0.2, 0.25) is 0 Å². The Labute approximate surface area is 152 Å². The van der Waals surface area contributed by atoms with E-state index < -0.39 is 5.60 Å². The summed E-state index contributed by atoms with van der Waals surface area (Å²) in [5.74, 6) is 0.610. The van der Waals surface area contributed by atoms with E-state index in [0.29, 0.717) is 5.75 Å². The first-order chi connectivity index (χ1) is 12.2. The third kappa shape index (κ3) is 4.38. The Bertz CT molecular complexity index is 762. The fourth-order valence-corrected chi connectivity index (χ4v) is 3.63. The van der Waals surface area contributed by atoms with Crippen molar-refractivity contribution in [1.29, 1.82) is 0 Å². The van der Waals surface area contributed by atoms with Crippen LogP contribution in [0.2, 0.25) is 0 Å². The van der Waals surface area contributed by atoms with Crippen molar-refractivity contribution in [1.82, 2.24) is 0 Å². The van der Waals surface area contributed by atoms with Crippen molar-refractivity contribution in [2.75, 3.05) is 0 Å². The lowest BCUT2D eigenvalue weighted by molar-refractivity contribution is -0.114. The fourth-order valence-electron chi connectivity index (χ4n) is 2.80. The van der Waals surface area contributed by atoms with E-state index in [1.165, 1.54) is 11.8 Å². The van der Waals surface area contributed by atoms with E-state index in [0.717, 1.165) is 16.7 Å². The number of hydrogen-bond acceptors (Lipinski definition) is 3. The van der Waals surface area contributed by atoms with Crippen molar-refractivity contribution in [2.45, 2.75) is 17.8 Å². The zero-order chi connectivity index (χ0) is 17.5. The largest absolute Gasteiger partial charge is 0.380 e. The summed E-state index contributed by atoms with van der Waals surface area (Å²) in [5, 5.41) is 11.4. The van der Waals surface area contributed by atoms with E-state index in [4.69, 9.17) is 0 Å². The maximum Gasteiger partial charge on any atom is 0.192 e. The van der Waals surface area contributed by atoms with Gasteiger partial charge in [0.1, 0.15) is 5.60 Å². The van der Waals surface area contributed by atoms with Crippen LogP contribution >= 0.6 is 11.8 Å². The van der Waals surface area contributed by atoms with Gasteiger partial charge in [-0.25, -0.2) is 0 Å². The molecule has 0 heterocycles. The van der Waals surface area contributed by atoms with Gasteiger partial charge in [0.05, 0.1) is 6.42 Å². The van der Waals surface area contributed by atoms with E-state index in [2.05, 4.69) is 0 Å². The monoisotopic (exact) mass is 348 g/mol. The molecule has 0 radical (unpaired) electrons. The Morgan fingerprint density at radius 1 is 0.760 bits per heavy atom. The lowest BCUT2D eigenvalue weighted by atomic mass is 9.84. The summed E-state index contributed by atoms with van der Waals surface area (Å²) in [6, 6.07) is 28.7. The molecular formula is C22H20O2S. The highest BCUT2D eigenvalue weighted by Gasteiger charge is 2.34. The predicted octanol–water partition coefficient (Wildman–Crippen LogP) is 4.77. The van der Waals surface area contributed by atoms with Gasteiger partial charge in [-0.3, -0.25) is 4.79 Å². The molecule has 0 atom stereocenters. The van der Waals surface area contributed by atoms with Crippen molar-refractivity contribution < 1.29 is 9.90 Å². The first kappa shape index (κ1) is 17.5. The molecule has 0 saturated heterocycles. The Hall–Kier alpha value is -2.36. The third-order valence-corrected chi connectivity index (χ3v) is 5.09. The first-order valence-corrected chi connectivity index (χ1v) is 9.20. The normalized spacial score (nSPS) is 11.2. The Balaban J connectivity index is 1.80. The van der Waals surface area contributed by atoms with Crippen LogP contribution in [0.4, 0.5) is 0 Å². The van der Waals surface area contributed by atoms with Crippen molar-refractivity contribution in [2.24, 2.45) is 0 Å². The number of aliphatic hydroxyl groups is 1. The molecule has 0 bridgehead atoms. The quantitative estimate of drug-likeness (QED) is 0.697. The predicted molar refractivity (Wildman–Crippen MR) is 103 cm³/mol. The highest BCUT2D eigenvalue weighted by atomic mass is 32.2. The molecule has 0 aliphatic carbocycles. The molecule has 3 heteroatoms. The lowest BCUT2D eigenvalue weighted by Gasteiger charge is -2.28. The molecule has 25 heavy (non-hydrogen) atoms. The summed E-state index contributed by atoms with van der Waals surface area (Å²) in [6.07, 6.45) is 0.0402. The first-order valence-electron chi connectivity index (χ1n) is 8.21. The SMILES string of the molecule is O=C(CC(O)(c1ccccc1)c1ccccc1)SCc1ccccc1. The van der Waals surface area contributed by atoms with Crippen molar-refractivity contribution in [3.05, 3.63) is 108 Å². The van der Waals surface area contributed by atoms with Crippen LogP contribution < -0.4 is 0 Å². The van der Waals surface area contributed by atoms with E-state index in [9.17, 15) is 9.90 Å². The number of benzene rings is 3. The van der Waals surface area contributed by atoms with Crippen molar-refractivity contribution in [3.63, 3.8) is 0 Å². The van der Waals surface area contributed by atoms with Crippen LogP contribution in [0.5, 0.6) is 0 Å². The second-order valence-electron chi connectivity index (χ2n) is 5.92. The van der Waals surface area contributed by atoms with E-state index in [1.54, 1.807) is 0 Å².